The Morgan fingerprint density at radius 1 is 1.33 bits per heavy atom. The zero-order valence-electron chi connectivity index (χ0n) is 9.02. The van der Waals surface area contributed by atoms with Gasteiger partial charge in [0.1, 0.15) is 0 Å². The van der Waals surface area contributed by atoms with Crippen molar-refractivity contribution in [1.82, 2.24) is 5.32 Å². The van der Waals surface area contributed by atoms with Gasteiger partial charge in [0.05, 0.1) is 12.6 Å². The Labute approximate surface area is 91.6 Å². The van der Waals surface area contributed by atoms with E-state index in [0.717, 1.165) is 24.9 Å². The molecule has 0 heterocycles. The Hall–Kier alpha value is -1.12. The van der Waals surface area contributed by atoms with Crippen LogP contribution in [0.1, 0.15) is 24.4 Å². The SMILES string of the molecule is C=CCCCN[C@@H](CO)c1ccccc1. The average Bonchev–Trinajstić information content (AvgIpc) is 2.30. The van der Waals surface area contributed by atoms with E-state index in [1.165, 1.54) is 0 Å². The molecule has 0 aliphatic heterocycles. The number of nitrogens with one attached hydrogen (secondary N) is 1. The average molecular weight is 205 g/mol. The van der Waals surface area contributed by atoms with Crippen molar-refractivity contribution in [2.75, 3.05) is 13.2 Å². The molecule has 0 radical (unpaired) electrons. The third kappa shape index (κ3) is 4.28. The lowest BCUT2D eigenvalue weighted by molar-refractivity contribution is 0.244. The molecule has 1 aromatic rings. The van der Waals surface area contributed by atoms with Gasteiger partial charge in [-0.3, -0.25) is 0 Å². The van der Waals surface area contributed by atoms with Crippen LogP contribution in [0.2, 0.25) is 0 Å². The highest BCUT2D eigenvalue weighted by Gasteiger charge is 2.07. The first kappa shape index (κ1) is 12.0. The molecule has 0 fully saturated rings. The second-order valence-electron chi connectivity index (χ2n) is 3.53. The van der Waals surface area contributed by atoms with E-state index in [0.29, 0.717) is 0 Å². The summed E-state index contributed by atoms with van der Waals surface area (Å²) in [6, 6.07) is 10.1. The molecule has 0 saturated carbocycles. The fraction of sp³-hybridized carbons (Fsp3) is 0.385. The predicted molar refractivity (Wildman–Crippen MR) is 63.7 cm³/mol. The molecule has 2 nitrogen and oxygen atoms in total. The minimum absolute atomic E-state index is 0.0519. The third-order valence-corrected chi connectivity index (χ3v) is 2.36. The molecule has 2 heteroatoms. The highest BCUT2D eigenvalue weighted by Crippen LogP contribution is 2.11. The van der Waals surface area contributed by atoms with E-state index in [9.17, 15) is 5.11 Å². The molecule has 0 aromatic heterocycles. The van der Waals surface area contributed by atoms with E-state index >= 15 is 0 Å². The molecular formula is C13H19NO. The summed E-state index contributed by atoms with van der Waals surface area (Å²) in [5.41, 5.74) is 1.14. The molecule has 0 aliphatic rings. The summed E-state index contributed by atoms with van der Waals surface area (Å²) in [6.07, 6.45) is 3.99. The zero-order chi connectivity index (χ0) is 10.9. The normalized spacial score (nSPS) is 12.3. The summed E-state index contributed by atoms with van der Waals surface area (Å²) in [5.74, 6) is 0. The van der Waals surface area contributed by atoms with Gasteiger partial charge in [0.25, 0.3) is 0 Å². The fourth-order valence-electron chi connectivity index (χ4n) is 1.50. The van der Waals surface area contributed by atoms with Crippen molar-refractivity contribution in [2.45, 2.75) is 18.9 Å². The predicted octanol–water partition coefficient (Wildman–Crippen LogP) is 2.28. The largest absolute Gasteiger partial charge is 0.394 e. The highest BCUT2D eigenvalue weighted by molar-refractivity contribution is 5.18. The van der Waals surface area contributed by atoms with Crippen molar-refractivity contribution < 1.29 is 5.11 Å². The van der Waals surface area contributed by atoms with Crippen molar-refractivity contribution in [2.24, 2.45) is 0 Å². The number of aliphatic hydroxyl groups is 1. The first-order valence-corrected chi connectivity index (χ1v) is 5.38. The van der Waals surface area contributed by atoms with E-state index in [4.69, 9.17) is 0 Å². The van der Waals surface area contributed by atoms with Crippen LogP contribution in [0, 0.1) is 0 Å². The first-order valence-electron chi connectivity index (χ1n) is 5.38. The maximum absolute atomic E-state index is 9.25. The Kier molecular flexibility index (Phi) is 5.74. The van der Waals surface area contributed by atoms with Gasteiger partial charge in [0.15, 0.2) is 0 Å². The Morgan fingerprint density at radius 2 is 2.07 bits per heavy atom. The van der Waals surface area contributed by atoms with Gasteiger partial charge >= 0.3 is 0 Å². The molecule has 82 valence electrons. The van der Waals surface area contributed by atoms with Gasteiger partial charge < -0.3 is 10.4 Å². The van der Waals surface area contributed by atoms with Gasteiger partial charge in [0.2, 0.25) is 0 Å². The van der Waals surface area contributed by atoms with Gasteiger partial charge in [-0.2, -0.15) is 0 Å². The Balaban J connectivity index is 2.39. The van der Waals surface area contributed by atoms with Crippen LogP contribution in [0.15, 0.2) is 43.0 Å². The zero-order valence-corrected chi connectivity index (χ0v) is 9.02. The summed E-state index contributed by atoms with van der Waals surface area (Å²) in [4.78, 5) is 0. The van der Waals surface area contributed by atoms with Gasteiger partial charge in [-0.1, -0.05) is 36.4 Å². The van der Waals surface area contributed by atoms with E-state index in [-0.39, 0.29) is 12.6 Å². The topological polar surface area (TPSA) is 32.3 Å². The molecule has 0 aliphatic carbocycles. The second kappa shape index (κ2) is 7.21. The maximum Gasteiger partial charge on any atom is 0.0626 e. The molecule has 15 heavy (non-hydrogen) atoms. The summed E-state index contributed by atoms with van der Waals surface area (Å²) >= 11 is 0. The minimum Gasteiger partial charge on any atom is -0.394 e. The van der Waals surface area contributed by atoms with Gasteiger partial charge in [-0.15, -0.1) is 6.58 Å². The van der Waals surface area contributed by atoms with Crippen molar-refractivity contribution in [3.8, 4) is 0 Å². The summed E-state index contributed by atoms with van der Waals surface area (Å²) in [5, 5.41) is 12.6. The van der Waals surface area contributed by atoms with Crippen LogP contribution in [-0.4, -0.2) is 18.3 Å². The molecule has 1 atom stereocenters. The lowest BCUT2D eigenvalue weighted by Gasteiger charge is -2.16. The van der Waals surface area contributed by atoms with Crippen LogP contribution in [0.4, 0.5) is 0 Å². The number of aliphatic hydroxyl groups excluding tert-OH is 1. The van der Waals surface area contributed by atoms with E-state index in [1.807, 2.05) is 36.4 Å². The fourth-order valence-corrected chi connectivity index (χ4v) is 1.50. The second-order valence-corrected chi connectivity index (χ2v) is 3.53. The van der Waals surface area contributed by atoms with Crippen molar-refractivity contribution in [1.29, 1.82) is 0 Å². The van der Waals surface area contributed by atoms with Crippen molar-refractivity contribution in [3.63, 3.8) is 0 Å². The van der Waals surface area contributed by atoms with Crippen LogP contribution < -0.4 is 5.32 Å². The van der Waals surface area contributed by atoms with Crippen LogP contribution in [0.5, 0.6) is 0 Å². The van der Waals surface area contributed by atoms with E-state index in [1.54, 1.807) is 0 Å². The number of unbranched alkanes of at least 4 members (excludes halogenated alkanes) is 1. The van der Waals surface area contributed by atoms with Crippen LogP contribution >= 0.6 is 0 Å². The number of rotatable bonds is 7. The summed E-state index contributed by atoms with van der Waals surface area (Å²) in [6.45, 7) is 4.72. The lowest BCUT2D eigenvalue weighted by atomic mass is 10.1. The number of benzene rings is 1. The molecule has 1 rings (SSSR count). The molecule has 0 saturated heterocycles. The number of hydrogen-bond donors (Lipinski definition) is 2. The lowest BCUT2D eigenvalue weighted by Crippen LogP contribution is -2.25. The quantitative estimate of drug-likeness (QED) is 0.528. The standard InChI is InChI=1S/C13H19NO/c1-2-3-7-10-14-13(11-15)12-8-5-4-6-9-12/h2,4-6,8-9,13-15H,1,3,7,10-11H2/t13-/m0/s1. The molecule has 2 N–H and O–H groups in total. The van der Waals surface area contributed by atoms with Gasteiger partial charge in [-0.05, 0) is 24.9 Å². The third-order valence-electron chi connectivity index (χ3n) is 2.36. The molecule has 0 bridgehead atoms. The molecule has 0 spiro atoms. The highest BCUT2D eigenvalue weighted by atomic mass is 16.3. The summed E-state index contributed by atoms with van der Waals surface area (Å²) < 4.78 is 0. The Bertz CT molecular complexity index is 271. The van der Waals surface area contributed by atoms with E-state index in [2.05, 4.69) is 11.9 Å². The van der Waals surface area contributed by atoms with Crippen LogP contribution in [-0.2, 0) is 0 Å². The molecule has 0 unspecified atom stereocenters. The summed E-state index contributed by atoms with van der Waals surface area (Å²) in [7, 11) is 0. The monoisotopic (exact) mass is 205 g/mol. The van der Waals surface area contributed by atoms with Gasteiger partial charge in [0, 0.05) is 0 Å². The van der Waals surface area contributed by atoms with Gasteiger partial charge in [-0.25, -0.2) is 0 Å². The van der Waals surface area contributed by atoms with E-state index < -0.39 is 0 Å². The van der Waals surface area contributed by atoms with Crippen molar-refractivity contribution >= 4 is 0 Å². The molecule has 1 aromatic carbocycles. The first-order chi connectivity index (χ1) is 7.38. The molecule has 0 amide bonds. The number of hydrogen-bond acceptors (Lipinski definition) is 2. The Morgan fingerprint density at radius 3 is 2.67 bits per heavy atom. The minimum atomic E-state index is 0.0519. The van der Waals surface area contributed by atoms with Crippen LogP contribution in [0.3, 0.4) is 0 Å². The number of allylic oxidation sites excluding steroid dienone is 1. The van der Waals surface area contributed by atoms with Crippen molar-refractivity contribution in [3.05, 3.63) is 48.6 Å². The smallest absolute Gasteiger partial charge is 0.0626 e. The maximum atomic E-state index is 9.25. The molecular weight excluding hydrogens is 186 g/mol. The van der Waals surface area contributed by atoms with Crippen LogP contribution in [0.25, 0.3) is 0 Å².